The summed E-state index contributed by atoms with van der Waals surface area (Å²) in [5, 5.41) is 0. The number of hydrogen-bond donors (Lipinski definition) is 1. The molecule has 1 rings (SSSR count). The zero-order chi connectivity index (χ0) is 13.9. The smallest absolute Gasteiger partial charge is 0.271 e. The number of carbonyl (C=O) groups excluding carboxylic acids is 1. The Morgan fingerprint density at radius 3 is 2.17 bits per heavy atom. The second-order valence-electron chi connectivity index (χ2n) is 3.77. The third-order valence-electron chi connectivity index (χ3n) is 2.48. The van der Waals surface area contributed by atoms with Crippen LogP contribution in [-0.2, 0) is 5.92 Å². The molecule has 0 bridgehead atoms. The maximum atomic E-state index is 13.5. The van der Waals surface area contributed by atoms with Crippen LogP contribution in [0.4, 0.5) is 8.78 Å². The highest BCUT2D eigenvalue weighted by molar-refractivity contribution is 5.99. The van der Waals surface area contributed by atoms with Gasteiger partial charge in [-0.25, -0.2) is 8.78 Å². The van der Waals surface area contributed by atoms with Gasteiger partial charge in [-0.3, -0.25) is 4.79 Å². The van der Waals surface area contributed by atoms with Crippen LogP contribution in [0.3, 0.4) is 0 Å². The van der Waals surface area contributed by atoms with E-state index >= 15 is 0 Å². The Bertz CT molecular complexity index is 455. The van der Waals surface area contributed by atoms with E-state index in [0.29, 0.717) is 6.92 Å². The Balaban J connectivity index is 3.51. The van der Waals surface area contributed by atoms with Crippen LogP contribution in [0.1, 0.15) is 22.8 Å². The van der Waals surface area contributed by atoms with Gasteiger partial charge < -0.3 is 15.2 Å². The van der Waals surface area contributed by atoms with Gasteiger partial charge in [0.25, 0.3) is 5.92 Å². The topological polar surface area (TPSA) is 61.5 Å². The number of Topliss-reactive ketones (excluding diaryl/α,β-unsaturated/α-hetero) is 1. The number of nitrogens with two attached hydrogens (primary N) is 1. The van der Waals surface area contributed by atoms with Crippen LogP contribution >= 0.6 is 0 Å². The normalized spacial score (nSPS) is 11.2. The number of rotatable bonds is 5. The molecule has 0 aromatic heterocycles. The molecule has 18 heavy (non-hydrogen) atoms. The van der Waals surface area contributed by atoms with E-state index in [0.717, 1.165) is 6.07 Å². The molecule has 0 unspecified atom stereocenters. The Hall–Kier alpha value is -1.69. The number of ketones is 1. The molecule has 0 aliphatic carbocycles. The number of methoxy groups -OCH3 is 2. The van der Waals surface area contributed by atoms with Gasteiger partial charge in [0.2, 0.25) is 0 Å². The van der Waals surface area contributed by atoms with Crippen molar-refractivity contribution in [2.75, 3.05) is 20.8 Å². The summed E-state index contributed by atoms with van der Waals surface area (Å²) in [7, 11) is 2.69. The van der Waals surface area contributed by atoms with Gasteiger partial charge in [0.1, 0.15) is 0 Å². The van der Waals surface area contributed by atoms with Gasteiger partial charge >= 0.3 is 0 Å². The largest absolute Gasteiger partial charge is 0.493 e. The lowest BCUT2D eigenvalue weighted by Gasteiger charge is -2.18. The first kappa shape index (κ1) is 14.4. The van der Waals surface area contributed by atoms with Crippen LogP contribution in [-0.4, -0.2) is 26.5 Å². The second-order valence-corrected chi connectivity index (χ2v) is 3.77. The highest BCUT2D eigenvalue weighted by Gasteiger charge is 2.31. The Labute approximate surface area is 104 Å². The van der Waals surface area contributed by atoms with Crippen molar-refractivity contribution in [2.24, 2.45) is 5.73 Å². The summed E-state index contributed by atoms with van der Waals surface area (Å²) in [5.74, 6) is -3.39. The minimum absolute atomic E-state index is 0.141. The maximum absolute atomic E-state index is 13.5. The zero-order valence-electron chi connectivity index (χ0n) is 10.4. The van der Waals surface area contributed by atoms with E-state index in [1.165, 1.54) is 20.3 Å². The van der Waals surface area contributed by atoms with Gasteiger partial charge in [0.15, 0.2) is 17.3 Å². The summed E-state index contributed by atoms with van der Waals surface area (Å²) in [6, 6.07) is 2.32. The lowest BCUT2D eigenvalue weighted by atomic mass is 9.98. The highest BCUT2D eigenvalue weighted by atomic mass is 19.3. The van der Waals surface area contributed by atoms with Gasteiger partial charge in [-0.2, -0.15) is 0 Å². The first-order chi connectivity index (χ1) is 8.35. The van der Waals surface area contributed by atoms with Crippen LogP contribution in [0, 0.1) is 0 Å². The minimum atomic E-state index is -3.17. The summed E-state index contributed by atoms with van der Waals surface area (Å²) < 4.78 is 36.9. The molecule has 1 aromatic rings. The first-order valence-corrected chi connectivity index (χ1v) is 5.22. The van der Waals surface area contributed by atoms with E-state index in [9.17, 15) is 13.6 Å². The summed E-state index contributed by atoms with van der Waals surface area (Å²) in [6.07, 6.45) is 0. The average Bonchev–Trinajstić information content (AvgIpc) is 2.34. The molecule has 4 nitrogen and oxygen atoms in total. The summed E-state index contributed by atoms with van der Waals surface area (Å²) in [6.45, 7) is 0.361. The van der Waals surface area contributed by atoms with Crippen LogP contribution in [0.5, 0.6) is 11.5 Å². The molecular weight excluding hydrogens is 244 g/mol. The Kier molecular flexibility index (Phi) is 4.24. The van der Waals surface area contributed by atoms with Crippen LogP contribution in [0.2, 0.25) is 0 Å². The highest BCUT2D eigenvalue weighted by Crippen LogP contribution is 2.38. The third-order valence-corrected chi connectivity index (χ3v) is 2.48. The molecule has 100 valence electrons. The first-order valence-electron chi connectivity index (χ1n) is 5.22. The maximum Gasteiger partial charge on any atom is 0.271 e. The molecule has 0 aliphatic rings. The molecule has 0 amide bonds. The molecule has 6 heteroatoms. The van der Waals surface area contributed by atoms with E-state index in [4.69, 9.17) is 15.2 Å². The molecule has 1 aromatic carbocycles. The number of hydrogen-bond acceptors (Lipinski definition) is 4. The second kappa shape index (κ2) is 5.30. The molecule has 2 N–H and O–H groups in total. The summed E-state index contributed by atoms with van der Waals surface area (Å²) >= 11 is 0. The molecular formula is C12H15F2NO3. The van der Waals surface area contributed by atoms with Crippen molar-refractivity contribution in [3.63, 3.8) is 0 Å². The van der Waals surface area contributed by atoms with Gasteiger partial charge in [0, 0.05) is 18.1 Å². The van der Waals surface area contributed by atoms with Crippen molar-refractivity contribution in [1.82, 2.24) is 0 Å². The fraction of sp³-hybridized carbons (Fsp3) is 0.417. The fourth-order valence-electron chi connectivity index (χ4n) is 1.58. The molecule has 0 aliphatic heterocycles. The molecule has 0 spiro atoms. The van der Waals surface area contributed by atoms with Gasteiger partial charge in [0.05, 0.1) is 20.8 Å². The quantitative estimate of drug-likeness (QED) is 0.821. The predicted octanol–water partition coefficient (Wildman–Crippen LogP) is 1.96. The fourth-order valence-corrected chi connectivity index (χ4v) is 1.58. The van der Waals surface area contributed by atoms with Crippen molar-refractivity contribution in [2.45, 2.75) is 12.8 Å². The zero-order valence-corrected chi connectivity index (χ0v) is 10.4. The van der Waals surface area contributed by atoms with Gasteiger partial charge in [-0.15, -0.1) is 0 Å². The van der Waals surface area contributed by atoms with Crippen LogP contribution in [0.25, 0.3) is 0 Å². The number of carbonyl (C=O) groups is 1. The molecule has 0 atom stereocenters. The molecule has 0 saturated carbocycles. The SMILES string of the molecule is COc1cc(C(=O)CN)c(C(C)(F)F)cc1OC. The number of alkyl halides is 2. The van der Waals surface area contributed by atoms with E-state index in [2.05, 4.69) is 0 Å². The predicted molar refractivity (Wildman–Crippen MR) is 62.5 cm³/mol. The summed E-state index contributed by atoms with van der Waals surface area (Å²) in [5.41, 5.74) is 4.64. The van der Waals surface area contributed by atoms with Crippen molar-refractivity contribution >= 4 is 5.78 Å². The third kappa shape index (κ3) is 2.76. The Morgan fingerprint density at radius 1 is 1.28 bits per heavy atom. The van der Waals surface area contributed by atoms with Crippen molar-refractivity contribution < 1.29 is 23.0 Å². The molecule has 0 fully saturated rings. The monoisotopic (exact) mass is 259 g/mol. The lowest BCUT2D eigenvalue weighted by Crippen LogP contribution is -2.20. The Morgan fingerprint density at radius 2 is 1.78 bits per heavy atom. The molecule has 0 saturated heterocycles. The van der Waals surface area contributed by atoms with E-state index < -0.39 is 17.3 Å². The summed E-state index contributed by atoms with van der Waals surface area (Å²) in [4.78, 5) is 11.6. The van der Waals surface area contributed by atoms with Gasteiger partial charge in [-0.1, -0.05) is 0 Å². The lowest BCUT2D eigenvalue weighted by molar-refractivity contribution is 0.0162. The van der Waals surface area contributed by atoms with E-state index in [-0.39, 0.29) is 23.6 Å². The van der Waals surface area contributed by atoms with Crippen LogP contribution < -0.4 is 15.2 Å². The van der Waals surface area contributed by atoms with E-state index in [1.807, 2.05) is 0 Å². The van der Waals surface area contributed by atoms with Crippen LogP contribution in [0.15, 0.2) is 12.1 Å². The standard InChI is InChI=1S/C12H15F2NO3/c1-12(13,14)8-5-11(18-3)10(17-2)4-7(8)9(16)6-15/h4-5H,6,15H2,1-3H3. The van der Waals surface area contributed by atoms with E-state index in [1.54, 1.807) is 0 Å². The molecule has 0 radical (unpaired) electrons. The number of halogens is 2. The average molecular weight is 259 g/mol. The van der Waals surface area contributed by atoms with Gasteiger partial charge in [-0.05, 0) is 12.1 Å². The van der Waals surface area contributed by atoms with Crippen molar-refractivity contribution in [3.8, 4) is 11.5 Å². The number of benzene rings is 1. The van der Waals surface area contributed by atoms with Crippen molar-refractivity contribution in [1.29, 1.82) is 0 Å². The minimum Gasteiger partial charge on any atom is -0.493 e. The van der Waals surface area contributed by atoms with Crippen molar-refractivity contribution in [3.05, 3.63) is 23.3 Å². The number of ether oxygens (including phenoxy) is 2. The molecule has 0 heterocycles.